The van der Waals surface area contributed by atoms with Gasteiger partial charge < -0.3 is 15.2 Å². The van der Waals surface area contributed by atoms with Crippen LogP contribution in [-0.2, 0) is 4.79 Å². The van der Waals surface area contributed by atoms with Gasteiger partial charge >= 0.3 is 11.7 Å². The zero-order valence-corrected chi connectivity index (χ0v) is 11.3. The van der Waals surface area contributed by atoms with Gasteiger partial charge in [-0.3, -0.25) is 14.9 Å². The Morgan fingerprint density at radius 3 is 2.74 bits per heavy atom. The molecule has 0 radical (unpaired) electrons. The molecule has 2 rings (SSSR count). The first-order valence-corrected chi connectivity index (χ1v) is 6.27. The molecule has 0 amide bonds. The van der Waals surface area contributed by atoms with Crippen molar-refractivity contribution in [2.45, 2.75) is 12.0 Å². The summed E-state index contributed by atoms with van der Waals surface area (Å²) < 4.78 is 6.15. The molecule has 2 N–H and O–H groups in total. The van der Waals surface area contributed by atoms with Crippen LogP contribution in [0.4, 0.5) is 5.69 Å². The van der Waals surface area contributed by atoms with Gasteiger partial charge in [0.25, 0.3) is 0 Å². The van der Waals surface area contributed by atoms with Gasteiger partial charge in [-0.1, -0.05) is 15.9 Å². The van der Waals surface area contributed by atoms with Crippen molar-refractivity contribution in [1.82, 2.24) is 5.32 Å². The van der Waals surface area contributed by atoms with E-state index < -0.39 is 16.5 Å². The Morgan fingerprint density at radius 1 is 1.58 bits per heavy atom. The van der Waals surface area contributed by atoms with Crippen LogP contribution in [0.15, 0.2) is 22.7 Å². The molecule has 19 heavy (non-hydrogen) atoms. The molecule has 0 spiro atoms. The number of nitro groups is 1. The molecule has 1 heterocycles. The summed E-state index contributed by atoms with van der Waals surface area (Å²) in [5, 5.41) is 22.7. The lowest BCUT2D eigenvalue weighted by Gasteiger charge is -2.41. The van der Waals surface area contributed by atoms with Crippen LogP contribution in [0.1, 0.15) is 6.42 Å². The summed E-state index contributed by atoms with van der Waals surface area (Å²) in [5.41, 5.74) is -1.10. The van der Waals surface area contributed by atoms with Gasteiger partial charge in [-0.2, -0.15) is 0 Å². The van der Waals surface area contributed by atoms with E-state index in [1.807, 2.05) is 0 Å². The first kappa shape index (κ1) is 13.8. The van der Waals surface area contributed by atoms with Crippen LogP contribution in [0.2, 0.25) is 0 Å². The highest BCUT2D eigenvalue weighted by atomic mass is 79.9. The fourth-order valence-corrected chi connectivity index (χ4v) is 2.21. The number of ether oxygens (including phenoxy) is 1. The topological polar surface area (TPSA) is 102 Å². The van der Waals surface area contributed by atoms with Gasteiger partial charge in [0.05, 0.1) is 11.3 Å². The molecular formula is C11H11BrN2O5. The molecule has 0 aromatic heterocycles. The number of halogens is 1. The molecule has 102 valence electrons. The predicted octanol–water partition coefficient (Wildman–Crippen LogP) is 1.55. The predicted molar refractivity (Wildman–Crippen MR) is 69.3 cm³/mol. The molecule has 1 saturated heterocycles. The molecule has 0 aliphatic carbocycles. The molecule has 0 atom stereocenters. The standard InChI is InChI=1S/C11H11BrN2O5/c12-7-1-2-9(8(3-7)14(17)18)19-11(4-10(15)16)5-13-6-11/h1-3,13H,4-6H2,(H,15,16). The van der Waals surface area contributed by atoms with E-state index in [4.69, 9.17) is 9.84 Å². The summed E-state index contributed by atoms with van der Waals surface area (Å²) in [5.74, 6) is -0.919. The smallest absolute Gasteiger partial charge is 0.312 e. The SMILES string of the molecule is O=C(O)CC1(Oc2ccc(Br)cc2[N+](=O)[O-])CNC1. The van der Waals surface area contributed by atoms with Gasteiger partial charge in [0.1, 0.15) is 5.60 Å². The highest BCUT2D eigenvalue weighted by molar-refractivity contribution is 9.10. The van der Waals surface area contributed by atoms with E-state index in [9.17, 15) is 14.9 Å². The highest BCUT2D eigenvalue weighted by Crippen LogP contribution is 2.34. The first-order valence-electron chi connectivity index (χ1n) is 5.47. The number of rotatable bonds is 5. The van der Waals surface area contributed by atoms with Crippen molar-refractivity contribution < 1.29 is 19.6 Å². The second-order valence-electron chi connectivity index (χ2n) is 4.33. The van der Waals surface area contributed by atoms with Gasteiger partial charge in [-0.05, 0) is 12.1 Å². The van der Waals surface area contributed by atoms with Gasteiger partial charge in [0.15, 0.2) is 5.75 Å². The average molecular weight is 331 g/mol. The van der Waals surface area contributed by atoms with E-state index in [1.165, 1.54) is 12.1 Å². The zero-order valence-electron chi connectivity index (χ0n) is 9.76. The van der Waals surface area contributed by atoms with E-state index in [1.54, 1.807) is 6.07 Å². The number of hydrogen-bond acceptors (Lipinski definition) is 5. The summed E-state index contributed by atoms with van der Waals surface area (Å²) in [7, 11) is 0. The molecular weight excluding hydrogens is 320 g/mol. The quantitative estimate of drug-likeness (QED) is 0.627. The van der Waals surface area contributed by atoms with Gasteiger partial charge in [-0.15, -0.1) is 0 Å². The largest absolute Gasteiger partial charge is 0.481 e. The van der Waals surface area contributed by atoms with Crippen LogP contribution in [0, 0.1) is 10.1 Å². The van der Waals surface area contributed by atoms with E-state index in [2.05, 4.69) is 21.2 Å². The summed E-state index contributed by atoms with van der Waals surface area (Å²) in [6.07, 6.45) is -0.201. The van der Waals surface area contributed by atoms with E-state index in [-0.39, 0.29) is 17.9 Å². The Morgan fingerprint density at radius 2 is 2.26 bits per heavy atom. The van der Waals surface area contributed by atoms with Gasteiger partial charge in [0.2, 0.25) is 0 Å². The minimum atomic E-state index is -0.999. The van der Waals surface area contributed by atoms with Crippen LogP contribution in [0.5, 0.6) is 5.75 Å². The number of nitrogens with zero attached hydrogens (tertiary/aromatic N) is 1. The number of hydrogen-bond donors (Lipinski definition) is 2. The average Bonchev–Trinajstić information content (AvgIpc) is 2.27. The molecule has 1 aliphatic rings. The summed E-state index contributed by atoms with van der Waals surface area (Å²) in [6, 6.07) is 4.41. The molecule has 7 nitrogen and oxygen atoms in total. The first-order chi connectivity index (χ1) is 8.92. The maximum absolute atomic E-state index is 11.0. The summed E-state index contributed by atoms with van der Waals surface area (Å²) in [4.78, 5) is 21.2. The molecule has 8 heteroatoms. The lowest BCUT2D eigenvalue weighted by Crippen LogP contribution is -2.64. The Bertz CT molecular complexity index is 530. The molecule has 1 aromatic carbocycles. The minimum absolute atomic E-state index is 0.0796. The highest BCUT2D eigenvalue weighted by Gasteiger charge is 2.42. The van der Waals surface area contributed by atoms with Crippen LogP contribution in [0.3, 0.4) is 0 Å². The van der Waals surface area contributed by atoms with Crippen LogP contribution >= 0.6 is 15.9 Å². The monoisotopic (exact) mass is 330 g/mol. The second-order valence-corrected chi connectivity index (χ2v) is 5.24. The van der Waals surface area contributed by atoms with Crippen molar-refractivity contribution in [3.05, 3.63) is 32.8 Å². The van der Waals surface area contributed by atoms with Crippen molar-refractivity contribution in [2.75, 3.05) is 13.1 Å². The molecule has 1 aromatic rings. The Kier molecular flexibility index (Phi) is 3.72. The summed E-state index contributed by atoms with van der Waals surface area (Å²) in [6.45, 7) is 0.707. The minimum Gasteiger partial charge on any atom is -0.481 e. The zero-order chi connectivity index (χ0) is 14.0. The van der Waals surface area contributed by atoms with Crippen molar-refractivity contribution in [3.63, 3.8) is 0 Å². The fourth-order valence-electron chi connectivity index (χ4n) is 1.87. The molecule has 0 saturated carbocycles. The van der Waals surface area contributed by atoms with Gasteiger partial charge in [0, 0.05) is 23.6 Å². The lowest BCUT2D eigenvalue weighted by molar-refractivity contribution is -0.386. The van der Waals surface area contributed by atoms with Crippen molar-refractivity contribution in [3.8, 4) is 5.75 Å². The number of carboxylic acid groups (broad SMARTS) is 1. The summed E-state index contributed by atoms with van der Waals surface area (Å²) >= 11 is 3.15. The Hall–Kier alpha value is -1.67. The van der Waals surface area contributed by atoms with Crippen molar-refractivity contribution in [1.29, 1.82) is 0 Å². The Labute approximate surface area is 116 Å². The normalized spacial score (nSPS) is 16.5. The number of nitro benzene ring substituents is 1. The van der Waals surface area contributed by atoms with Gasteiger partial charge in [-0.25, -0.2) is 0 Å². The maximum Gasteiger partial charge on any atom is 0.312 e. The Balaban J connectivity index is 2.27. The van der Waals surface area contributed by atoms with E-state index in [0.29, 0.717) is 17.6 Å². The lowest BCUT2D eigenvalue weighted by atomic mass is 9.92. The number of aliphatic carboxylic acids is 1. The van der Waals surface area contributed by atoms with Crippen molar-refractivity contribution >= 4 is 27.6 Å². The van der Waals surface area contributed by atoms with E-state index in [0.717, 1.165) is 0 Å². The molecule has 0 bridgehead atoms. The number of carbonyl (C=O) groups is 1. The van der Waals surface area contributed by atoms with E-state index >= 15 is 0 Å². The number of benzene rings is 1. The van der Waals surface area contributed by atoms with Crippen LogP contribution in [-0.4, -0.2) is 34.7 Å². The second kappa shape index (κ2) is 5.14. The van der Waals surface area contributed by atoms with Crippen molar-refractivity contribution in [2.24, 2.45) is 0 Å². The fraction of sp³-hybridized carbons (Fsp3) is 0.364. The maximum atomic E-state index is 11.0. The van der Waals surface area contributed by atoms with Crippen LogP contribution < -0.4 is 10.1 Å². The third kappa shape index (κ3) is 3.02. The number of carboxylic acids is 1. The molecule has 0 unspecified atom stereocenters. The number of nitrogens with one attached hydrogen (secondary N) is 1. The molecule has 1 aliphatic heterocycles. The van der Waals surface area contributed by atoms with Crippen LogP contribution in [0.25, 0.3) is 0 Å². The third-order valence-corrected chi connectivity index (χ3v) is 3.31. The molecule has 1 fully saturated rings. The third-order valence-electron chi connectivity index (χ3n) is 2.81.